The smallest absolute Gasteiger partial charge is 0.122 e. The zero-order chi connectivity index (χ0) is 11.5. The molecule has 1 atom stereocenters. The molecule has 1 aromatic rings. The predicted molar refractivity (Wildman–Crippen MR) is 65.0 cm³/mol. The van der Waals surface area contributed by atoms with Gasteiger partial charge in [0.25, 0.3) is 0 Å². The van der Waals surface area contributed by atoms with Crippen molar-refractivity contribution in [3.05, 3.63) is 28.8 Å². The molecule has 0 amide bonds. The maximum absolute atomic E-state index is 9.50. The van der Waals surface area contributed by atoms with Crippen LogP contribution in [0.1, 0.15) is 36.5 Å². The number of hydrogen-bond acceptors (Lipinski definition) is 2. The van der Waals surface area contributed by atoms with Crippen molar-refractivity contribution in [2.75, 3.05) is 6.61 Å². The molecular formula is C14H20O2. The molecule has 2 rings (SSSR count). The van der Waals surface area contributed by atoms with Gasteiger partial charge in [-0.25, -0.2) is 0 Å². The minimum absolute atomic E-state index is 0.349. The second-order valence-corrected chi connectivity index (χ2v) is 4.56. The van der Waals surface area contributed by atoms with E-state index in [-0.39, 0.29) is 6.10 Å². The quantitative estimate of drug-likeness (QED) is 0.845. The molecule has 0 saturated heterocycles. The van der Waals surface area contributed by atoms with E-state index in [9.17, 15) is 5.11 Å². The number of aliphatic hydroxyl groups excluding tert-OH is 1. The van der Waals surface area contributed by atoms with Crippen molar-refractivity contribution in [3.63, 3.8) is 0 Å². The number of benzene rings is 1. The van der Waals surface area contributed by atoms with E-state index >= 15 is 0 Å². The Bertz CT molecular complexity index is 371. The van der Waals surface area contributed by atoms with Crippen molar-refractivity contribution in [1.82, 2.24) is 0 Å². The molecule has 1 aromatic carbocycles. The highest BCUT2D eigenvalue weighted by Gasteiger charge is 2.18. The van der Waals surface area contributed by atoms with E-state index < -0.39 is 0 Å². The zero-order valence-corrected chi connectivity index (χ0v) is 10.1. The Morgan fingerprint density at radius 2 is 2.06 bits per heavy atom. The molecular weight excluding hydrogens is 200 g/mol. The molecule has 0 saturated carbocycles. The number of fused-ring (bicyclic) bond motifs is 1. The maximum Gasteiger partial charge on any atom is 0.122 e. The number of ether oxygens (including phenoxy) is 1. The largest absolute Gasteiger partial charge is 0.491 e. The van der Waals surface area contributed by atoms with Crippen molar-refractivity contribution in [2.24, 2.45) is 0 Å². The molecule has 0 spiro atoms. The van der Waals surface area contributed by atoms with Crippen LogP contribution < -0.4 is 4.74 Å². The molecule has 1 aliphatic rings. The van der Waals surface area contributed by atoms with Crippen molar-refractivity contribution < 1.29 is 9.84 Å². The topological polar surface area (TPSA) is 29.5 Å². The van der Waals surface area contributed by atoms with Crippen molar-refractivity contribution in [3.8, 4) is 5.75 Å². The van der Waals surface area contributed by atoms with Crippen LogP contribution in [0.15, 0.2) is 12.1 Å². The van der Waals surface area contributed by atoms with Crippen molar-refractivity contribution in [2.45, 2.75) is 45.6 Å². The van der Waals surface area contributed by atoms with Gasteiger partial charge in [0, 0.05) is 0 Å². The Balaban J connectivity index is 2.13. The fraction of sp³-hybridized carbons (Fsp3) is 0.571. The van der Waals surface area contributed by atoms with Gasteiger partial charge >= 0.3 is 0 Å². The predicted octanol–water partition coefficient (Wildman–Crippen LogP) is 2.63. The molecule has 16 heavy (non-hydrogen) atoms. The van der Waals surface area contributed by atoms with Crippen LogP contribution in [-0.4, -0.2) is 17.8 Å². The van der Waals surface area contributed by atoms with E-state index in [0.717, 1.165) is 18.6 Å². The van der Waals surface area contributed by atoms with E-state index in [1.807, 2.05) is 13.0 Å². The monoisotopic (exact) mass is 220 g/mol. The first kappa shape index (κ1) is 11.5. The number of rotatable bonds is 4. The normalized spacial score (nSPS) is 15.9. The van der Waals surface area contributed by atoms with Crippen LogP contribution in [-0.2, 0) is 12.8 Å². The van der Waals surface area contributed by atoms with Crippen LogP contribution in [0.4, 0.5) is 0 Å². The summed E-state index contributed by atoms with van der Waals surface area (Å²) in [7, 11) is 0. The van der Waals surface area contributed by atoms with E-state index in [2.05, 4.69) is 13.0 Å². The van der Waals surface area contributed by atoms with Crippen LogP contribution in [0.3, 0.4) is 0 Å². The van der Waals surface area contributed by atoms with Gasteiger partial charge in [-0.05, 0) is 55.4 Å². The van der Waals surface area contributed by atoms with Crippen LogP contribution in [0.5, 0.6) is 5.75 Å². The van der Waals surface area contributed by atoms with Gasteiger partial charge in [-0.1, -0.05) is 13.0 Å². The van der Waals surface area contributed by atoms with Gasteiger partial charge in [-0.15, -0.1) is 0 Å². The molecule has 1 N–H and O–H groups in total. The lowest BCUT2D eigenvalue weighted by molar-refractivity contribution is 0.104. The molecule has 0 aromatic heterocycles. The molecule has 2 nitrogen and oxygen atoms in total. The first-order chi connectivity index (χ1) is 7.72. The van der Waals surface area contributed by atoms with E-state index in [1.54, 1.807) is 0 Å². The summed E-state index contributed by atoms with van der Waals surface area (Å²) in [4.78, 5) is 0. The number of aliphatic hydroxyl groups is 1. The third kappa shape index (κ3) is 2.22. The van der Waals surface area contributed by atoms with Crippen LogP contribution in [0.25, 0.3) is 0 Å². The Hall–Kier alpha value is -1.02. The summed E-state index contributed by atoms with van der Waals surface area (Å²) in [5.74, 6) is 0.977. The molecule has 0 bridgehead atoms. The fourth-order valence-corrected chi connectivity index (χ4v) is 2.29. The average molecular weight is 220 g/mol. The molecule has 0 fully saturated rings. The lowest BCUT2D eigenvalue weighted by atomic mass is 10.0. The van der Waals surface area contributed by atoms with E-state index in [0.29, 0.717) is 6.61 Å². The van der Waals surface area contributed by atoms with Gasteiger partial charge in [0.1, 0.15) is 12.4 Å². The minimum Gasteiger partial charge on any atom is -0.491 e. The molecule has 0 aliphatic heterocycles. The van der Waals surface area contributed by atoms with E-state index in [1.165, 1.54) is 29.5 Å². The van der Waals surface area contributed by atoms with Crippen LogP contribution in [0, 0.1) is 6.92 Å². The highest BCUT2D eigenvalue weighted by atomic mass is 16.5. The zero-order valence-electron chi connectivity index (χ0n) is 10.1. The molecule has 2 heteroatoms. The van der Waals surface area contributed by atoms with Gasteiger partial charge in [0.05, 0.1) is 6.10 Å². The van der Waals surface area contributed by atoms with Gasteiger partial charge in [0.2, 0.25) is 0 Å². The second kappa shape index (κ2) is 4.88. The Morgan fingerprint density at radius 1 is 1.31 bits per heavy atom. The fourth-order valence-electron chi connectivity index (χ4n) is 2.29. The highest BCUT2D eigenvalue weighted by Crippen LogP contribution is 2.33. The van der Waals surface area contributed by atoms with Crippen LogP contribution in [0.2, 0.25) is 0 Å². The summed E-state index contributed by atoms with van der Waals surface area (Å²) in [5.41, 5.74) is 4.20. The summed E-state index contributed by atoms with van der Waals surface area (Å²) in [5, 5.41) is 9.50. The van der Waals surface area contributed by atoms with Crippen molar-refractivity contribution >= 4 is 0 Å². The van der Waals surface area contributed by atoms with Gasteiger partial charge in [-0.2, -0.15) is 0 Å². The maximum atomic E-state index is 9.50. The first-order valence-electron chi connectivity index (χ1n) is 6.14. The van der Waals surface area contributed by atoms with Gasteiger partial charge in [-0.3, -0.25) is 0 Å². The number of aryl methyl sites for hydroxylation is 1. The minimum atomic E-state index is -0.349. The van der Waals surface area contributed by atoms with Gasteiger partial charge in [0.15, 0.2) is 0 Å². The molecule has 0 heterocycles. The standard InChI is InChI=1S/C14H20O2/c1-3-11(15)9-16-14-8-7-10(2)12-5-4-6-13(12)14/h7-8,11,15H,3-6,9H2,1-2H3. The summed E-state index contributed by atoms with van der Waals surface area (Å²) >= 11 is 0. The second-order valence-electron chi connectivity index (χ2n) is 4.56. The number of hydrogen-bond donors (Lipinski definition) is 1. The Kier molecular flexibility index (Phi) is 3.49. The summed E-state index contributed by atoms with van der Waals surface area (Å²) < 4.78 is 5.71. The molecule has 88 valence electrons. The third-order valence-electron chi connectivity index (χ3n) is 3.38. The summed E-state index contributed by atoms with van der Waals surface area (Å²) in [6.07, 6.45) is 3.92. The Morgan fingerprint density at radius 3 is 2.81 bits per heavy atom. The van der Waals surface area contributed by atoms with Gasteiger partial charge < -0.3 is 9.84 Å². The first-order valence-corrected chi connectivity index (χ1v) is 6.14. The van der Waals surface area contributed by atoms with E-state index in [4.69, 9.17) is 4.74 Å². The molecule has 0 radical (unpaired) electrons. The highest BCUT2D eigenvalue weighted by molar-refractivity contribution is 5.47. The summed E-state index contributed by atoms with van der Waals surface area (Å²) in [6, 6.07) is 4.17. The Labute approximate surface area is 97.3 Å². The molecule has 1 unspecified atom stereocenters. The SMILES string of the molecule is CCC(O)COc1ccc(C)c2c1CCC2. The third-order valence-corrected chi connectivity index (χ3v) is 3.38. The lowest BCUT2D eigenvalue weighted by Gasteiger charge is -2.14. The van der Waals surface area contributed by atoms with Crippen molar-refractivity contribution in [1.29, 1.82) is 0 Å². The van der Waals surface area contributed by atoms with Crippen LogP contribution >= 0.6 is 0 Å². The summed E-state index contributed by atoms with van der Waals surface area (Å²) in [6.45, 7) is 4.54. The lowest BCUT2D eigenvalue weighted by Crippen LogP contribution is -2.16. The molecule has 1 aliphatic carbocycles. The average Bonchev–Trinajstić information content (AvgIpc) is 2.77.